The van der Waals surface area contributed by atoms with Crippen molar-refractivity contribution in [1.29, 1.82) is 0 Å². The molecule has 1 fully saturated rings. The molecule has 2 rings (SSSR count). The summed E-state index contributed by atoms with van der Waals surface area (Å²) in [5.41, 5.74) is -0.645. The molecule has 1 unspecified atom stereocenters. The van der Waals surface area contributed by atoms with Crippen LogP contribution < -0.4 is 5.32 Å². The molecule has 0 amide bonds. The molecule has 0 radical (unpaired) electrons. The van der Waals surface area contributed by atoms with Gasteiger partial charge in [0.25, 0.3) is 0 Å². The molecule has 0 aliphatic heterocycles. The molecule has 1 aromatic rings. The summed E-state index contributed by atoms with van der Waals surface area (Å²) in [6.45, 7) is 1.90. The Hall–Kier alpha value is -0.420. The molecule has 6 heteroatoms. The van der Waals surface area contributed by atoms with Gasteiger partial charge in [0, 0.05) is 21.7 Å². The van der Waals surface area contributed by atoms with E-state index in [0.29, 0.717) is 22.5 Å². The van der Waals surface area contributed by atoms with E-state index >= 15 is 0 Å². The maximum Gasteiger partial charge on any atom is 0.325 e. The lowest BCUT2D eigenvalue weighted by Gasteiger charge is -2.28. The van der Waals surface area contributed by atoms with Crippen LogP contribution in [0.25, 0.3) is 0 Å². The van der Waals surface area contributed by atoms with E-state index in [1.54, 1.807) is 23.9 Å². The Labute approximate surface area is 139 Å². The third-order valence-electron chi connectivity index (χ3n) is 3.49. The fourth-order valence-corrected chi connectivity index (χ4v) is 3.75. The van der Waals surface area contributed by atoms with Crippen molar-refractivity contribution >= 4 is 40.9 Å². The molecule has 0 spiro atoms. The summed E-state index contributed by atoms with van der Waals surface area (Å²) in [4.78, 5) is 13.0. The van der Waals surface area contributed by atoms with Crippen LogP contribution in [0.1, 0.15) is 26.2 Å². The number of halogens is 2. The van der Waals surface area contributed by atoms with Gasteiger partial charge in [-0.25, -0.2) is 0 Å². The normalized spacial score (nSPS) is 17.3. The van der Waals surface area contributed by atoms with Gasteiger partial charge in [-0.1, -0.05) is 23.2 Å². The number of benzene rings is 1. The van der Waals surface area contributed by atoms with Gasteiger partial charge in [-0.15, -0.1) is 11.8 Å². The van der Waals surface area contributed by atoms with Crippen LogP contribution in [0.4, 0.5) is 0 Å². The van der Waals surface area contributed by atoms with Crippen LogP contribution in [-0.2, 0) is 9.53 Å². The van der Waals surface area contributed by atoms with Crippen molar-refractivity contribution in [2.24, 2.45) is 0 Å². The third kappa shape index (κ3) is 4.78. The summed E-state index contributed by atoms with van der Waals surface area (Å²) in [6, 6.07) is 5.84. The van der Waals surface area contributed by atoms with E-state index in [1.807, 2.05) is 13.0 Å². The molecule has 1 atom stereocenters. The SMILES string of the molecule is COC(=O)C(C)(CCSc1cc(Cl)ccc1Cl)NC1CC1. The molecule has 1 N–H and O–H groups in total. The first-order valence-electron chi connectivity index (χ1n) is 6.88. The zero-order valence-corrected chi connectivity index (χ0v) is 14.4. The van der Waals surface area contributed by atoms with Gasteiger partial charge in [-0.05, 0) is 44.4 Å². The summed E-state index contributed by atoms with van der Waals surface area (Å²) in [6.07, 6.45) is 2.92. The maximum absolute atomic E-state index is 12.0. The minimum absolute atomic E-state index is 0.216. The van der Waals surface area contributed by atoms with Crippen LogP contribution in [0.5, 0.6) is 0 Å². The fraction of sp³-hybridized carbons (Fsp3) is 0.533. The first-order chi connectivity index (χ1) is 9.94. The van der Waals surface area contributed by atoms with Crippen molar-refractivity contribution in [3.8, 4) is 0 Å². The number of ether oxygens (including phenoxy) is 1. The number of hydrogen-bond acceptors (Lipinski definition) is 4. The van der Waals surface area contributed by atoms with E-state index in [9.17, 15) is 4.79 Å². The smallest absolute Gasteiger partial charge is 0.325 e. The van der Waals surface area contributed by atoms with Crippen LogP contribution in [-0.4, -0.2) is 30.4 Å². The van der Waals surface area contributed by atoms with E-state index < -0.39 is 5.54 Å². The van der Waals surface area contributed by atoms with Gasteiger partial charge < -0.3 is 4.74 Å². The van der Waals surface area contributed by atoms with Crippen LogP contribution in [0.3, 0.4) is 0 Å². The number of rotatable bonds is 7. The topological polar surface area (TPSA) is 38.3 Å². The molecule has 0 aromatic heterocycles. The molecular formula is C15H19Cl2NO2S. The highest BCUT2D eigenvalue weighted by Crippen LogP contribution is 2.32. The Morgan fingerprint density at radius 2 is 2.19 bits per heavy atom. The zero-order chi connectivity index (χ0) is 15.5. The third-order valence-corrected chi connectivity index (χ3v) is 5.22. The van der Waals surface area contributed by atoms with Gasteiger partial charge >= 0.3 is 5.97 Å². The van der Waals surface area contributed by atoms with Crippen molar-refractivity contribution in [3.05, 3.63) is 28.2 Å². The summed E-state index contributed by atoms with van der Waals surface area (Å²) in [7, 11) is 1.43. The lowest BCUT2D eigenvalue weighted by atomic mass is 9.99. The number of thioether (sulfide) groups is 1. The second-order valence-electron chi connectivity index (χ2n) is 5.42. The van der Waals surface area contributed by atoms with Crippen molar-refractivity contribution in [3.63, 3.8) is 0 Å². The molecule has 0 saturated heterocycles. The van der Waals surface area contributed by atoms with Gasteiger partial charge in [-0.3, -0.25) is 10.1 Å². The molecule has 3 nitrogen and oxygen atoms in total. The van der Waals surface area contributed by atoms with E-state index in [-0.39, 0.29) is 5.97 Å². The first-order valence-corrected chi connectivity index (χ1v) is 8.63. The average Bonchev–Trinajstić information content (AvgIpc) is 3.25. The quantitative estimate of drug-likeness (QED) is 0.593. The van der Waals surface area contributed by atoms with E-state index in [0.717, 1.165) is 23.5 Å². The van der Waals surface area contributed by atoms with E-state index in [4.69, 9.17) is 27.9 Å². The number of hydrogen-bond donors (Lipinski definition) is 1. The van der Waals surface area contributed by atoms with Gasteiger partial charge in [-0.2, -0.15) is 0 Å². The molecule has 1 aromatic carbocycles. The Morgan fingerprint density at radius 1 is 1.48 bits per heavy atom. The fourth-order valence-electron chi connectivity index (χ4n) is 2.09. The largest absolute Gasteiger partial charge is 0.468 e. The maximum atomic E-state index is 12.0. The minimum atomic E-state index is -0.645. The van der Waals surface area contributed by atoms with Gasteiger partial charge in [0.05, 0.1) is 12.1 Å². The van der Waals surface area contributed by atoms with Crippen LogP contribution in [0, 0.1) is 0 Å². The molecule has 1 aliphatic rings. The molecule has 1 aliphatic carbocycles. The lowest BCUT2D eigenvalue weighted by molar-refractivity contribution is -0.148. The second-order valence-corrected chi connectivity index (χ2v) is 7.40. The molecular weight excluding hydrogens is 329 g/mol. The number of carbonyl (C=O) groups excluding carboxylic acids is 1. The zero-order valence-electron chi connectivity index (χ0n) is 12.1. The Morgan fingerprint density at radius 3 is 2.81 bits per heavy atom. The minimum Gasteiger partial charge on any atom is -0.468 e. The van der Waals surface area contributed by atoms with Crippen LogP contribution >= 0.6 is 35.0 Å². The summed E-state index contributed by atoms with van der Waals surface area (Å²) in [5, 5.41) is 4.72. The number of esters is 1. The molecule has 116 valence electrons. The number of nitrogens with one attached hydrogen (secondary N) is 1. The van der Waals surface area contributed by atoms with Crippen molar-refractivity contribution in [2.75, 3.05) is 12.9 Å². The Kier molecular flexibility index (Phi) is 5.83. The monoisotopic (exact) mass is 347 g/mol. The lowest BCUT2D eigenvalue weighted by Crippen LogP contribution is -2.51. The Balaban J connectivity index is 1.95. The summed E-state index contributed by atoms with van der Waals surface area (Å²) >= 11 is 13.7. The van der Waals surface area contributed by atoms with Crippen molar-refractivity contribution in [2.45, 2.75) is 42.7 Å². The van der Waals surface area contributed by atoms with Crippen molar-refractivity contribution in [1.82, 2.24) is 5.32 Å². The van der Waals surface area contributed by atoms with Crippen molar-refractivity contribution < 1.29 is 9.53 Å². The first kappa shape index (κ1) is 16.9. The highest BCUT2D eigenvalue weighted by atomic mass is 35.5. The molecule has 1 saturated carbocycles. The molecule has 21 heavy (non-hydrogen) atoms. The predicted molar refractivity (Wildman–Crippen MR) is 88.4 cm³/mol. The second kappa shape index (κ2) is 7.23. The number of carbonyl (C=O) groups is 1. The summed E-state index contributed by atoms with van der Waals surface area (Å²) in [5.74, 6) is 0.540. The number of methoxy groups -OCH3 is 1. The van der Waals surface area contributed by atoms with E-state index in [1.165, 1.54) is 7.11 Å². The van der Waals surface area contributed by atoms with E-state index in [2.05, 4.69) is 5.32 Å². The van der Waals surface area contributed by atoms with Gasteiger partial charge in [0.1, 0.15) is 5.54 Å². The predicted octanol–water partition coefficient (Wildman–Crippen LogP) is 4.16. The highest BCUT2D eigenvalue weighted by Gasteiger charge is 2.38. The summed E-state index contributed by atoms with van der Waals surface area (Å²) < 4.78 is 4.93. The van der Waals surface area contributed by atoms with Gasteiger partial charge in [0.2, 0.25) is 0 Å². The molecule has 0 bridgehead atoms. The standard InChI is InChI=1S/C15H19Cl2NO2S/c1-15(14(19)20-2,18-11-4-5-11)7-8-21-13-9-10(16)3-6-12(13)17/h3,6,9,11,18H,4-5,7-8H2,1-2H3. The highest BCUT2D eigenvalue weighted by molar-refractivity contribution is 7.99. The average molecular weight is 348 g/mol. The van der Waals surface area contributed by atoms with Gasteiger partial charge in [0.15, 0.2) is 0 Å². The molecule has 0 heterocycles. The Bertz CT molecular complexity index is 522. The van der Waals surface area contributed by atoms with Crippen LogP contribution in [0.15, 0.2) is 23.1 Å². The van der Waals surface area contributed by atoms with Crippen LogP contribution in [0.2, 0.25) is 10.0 Å².